The fourth-order valence-corrected chi connectivity index (χ4v) is 4.10. The molecule has 1 N–H and O–H groups in total. The number of hydrogen-bond donors (Lipinski definition) is 1. The number of nitrogens with zero attached hydrogens (tertiary/aromatic N) is 1. The first kappa shape index (κ1) is 20.7. The number of Topliss-reactive ketones (excluding diaryl/α,β-unsaturated/α-hetero) is 1. The summed E-state index contributed by atoms with van der Waals surface area (Å²) in [5, 5.41) is 11.5. The Hall–Kier alpha value is -3.57. The Balaban J connectivity index is 1.96. The van der Waals surface area contributed by atoms with Gasteiger partial charge in [0.05, 0.1) is 23.7 Å². The van der Waals surface area contributed by atoms with Crippen LogP contribution in [-0.4, -0.2) is 23.9 Å². The van der Waals surface area contributed by atoms with Crippen molar-refractivity contribution in [1.29, 1.82) is 0 Å². The number of carbonyl (C=O) groups is 2. The molecule has 1 heterocycles. The molecule has 4 rings (SSSR count). The van der Waals surface area contributed by atoms with Gasteiger partial charge in [0.25, 0.3) is 11.7 Å². The van der Waals surface area contributed by atoms with Gasteiger partial charge in [-0.3, -0.25) is 14.5 Å². The van der Waals surface area contributed by atoms with Gasteiger partial charge in [-0.25, -0.2) is 0 Å². The van der Waals surface area contributed by atoms with Gasteiger partial charge in [0.15, 0.2) is 0 Å². The van der Waals surface area contributed by atoms with E-state index in [4.69, 9.17) is 16.3 Å². The van der Waals surface area contributed by atoms with E-state index in [-0.39, 0.29) is 16.4 Å². The summed E-state index contributed by atoms with van der Waals surface area (Å²) in [7, 11) is 1.49. The van der Waals surface area contributed by atoms with Crippen LogP contribution in [0.1, 0.15) is 22.7 Å². The van der Waals surface area contributed by atoms with Crippen molar-refractivity contribution in [3.63, 3.8) is 0 Å². The van der Waals surface area contributed by atoms with Crippen molar-refractivity contribution in [3.8, 4) is 5.75 Å². The lowest BCUT2D eigenvalue weighted by Gasteiger charge is -2.26. The third kappa shape index (κ3) is 3.57. The third-order valence-corrected chi connectivity index (χ3v) is 5.68. The number of carbonyl (C=O) groups excluding carboxylic acids is 2. The van der Waals surface area contributed by atoms with Crippen molar-refractivity contribution >= 4 is 34.7 Å². The summed E-state index contributed by atoms with van der Waals surface area (Å²) in [6.07, 6.45) is 0. The molecule has 1 aliphatic heterocycles. The normalized spacial score (nSPS) is 17.8. The van der Waals surface area contributed by atoms with Crippen molar-refractivity contribution in [1.82, 2.24) is 0 Å². The summed E-state index contributed by atoms with van der Waals surface area (Å²) < 4.78 is 5.17. The van der Waals surface area contributed by atoms with Crippen LogP contribution >= 0.6 is 11.6 Å². The second-order valence-corrected chi connectivity index (χ2v) is 7.62. The number of methoxy groups -OCH3 is 1. The van der Waals surface area contributed by atoms with E-state index in [2.05, 4.69) is 0 Å². The predicted octanol–water partition coefficient (Wildman–Crippen LogP) is 5.28. The van der Waals surface area contributed by atoms with E-state index in [0.717, 1.165) is 11.1 Å². The standard InChI is InChI=1S/C25H20ClNO4/c1-15-8-6-7-11-18(15)22-21(23(28)16-12-13-20(31-2)19(26)14-16)24(29)25(30)27(22)17-9-4-3-5-10-17/h3-14,22,28H,1-2H3/b23-21+. The SMILES string of the molecule is COc1ccc(/C(O)=C2\C(=O)C(=O)N(c3ccccc3)C2c2ccccc2C)cc1Cl. The molecule has 1 fully saturated rings. The number of ketones is 1. The van der Waals surface area contributed by atoms with E-state index in [1.807, 2.05) is 37.3 Å². The average molecular weight is 434 g/mol. The molecule has 156 valence electrons. The number of aliphatic hydroxyl groups excluding tert-OH is 1. The molecule has 3 aromatic carbocycles. The summed E-state index contributed by atoms with van der Waals surface area (Å²) in [5.41, 5.74) is 2.57. The Morgan fingerprint density at radius 1 is 1.00 bits per heavy atom. The Morgan fingerprint density at radius 2 is 1.68 bits per heavy atom. The van der Waals surface area contributed by atoms with Gasteiger partial charge in [0.2, 0.25) is 0 Å². The van der Waals surface area contributed by atoms with Gasteiger partial charge in [-0.2, -0.15) is 0 Å². The summed E-state index contributed by atoms with van der Waals surface area (Å²) in [5.74, 6) is -1.28. The van der Waals surface area contributed by atoms with Gasteiger partial charge in [-0.1, -0.05) is 54.1 Å². The first-order chi connectivity index (χ1) is 14.9. The molecule has 31 heavy (non-hydrogen) atoms. The molecule has 0 spiro atoms. The second-order valence-electron chi connectivity index (χ2n) is 7.21. The molecule has 1 amide bonds. The lowest BCUT2D eigenvalue weighted by molar-refractivity contribution is -0.132. The molecule has 1 aliphatic rings. The van der Waals surface area contributed by atoms with Crippen LogP contribution in [0.3, 0.4) is 0 Å². The molecule has 0 bridgehead atoms. The minimum Gasteiger partial charge on any atom is -0.507 e. The van der Waals surface area contributed by atoms with Crippen LogP contribution in [0.25, 0.3) is 5.76 Å². The molecule has 1 atom stereocenters. The monoisotopic (exact) mass is 433 g/mol. The van der Waals surface area contributed by atoms with Crippen molar-refractivity contribution in [2.45, 2.75) is 13.0 Å². The maximum absolute atomic E-state index is 13.1. The van der Waals surface area contributed by atoms with Gasteiger partial charge in [-0.05, 0) is 48.4 Å². The number of para-hydroxylation sites is 1. The van der Waals surface area contributed by atoms with E-state index in [1.165, 1.54) is 18.1 Å². The first-order valence-electron chi connectivity index (χ1n) is 9.69. The van der Waals surface area contributed by atoms with Crippen LogP contribution in [0.2, 0.25) is 5.02 Å². The van der Waals surface area contributed by atoms with Crippen molar-refractivity contribution in [2.24, 2.45) is 0 Å². The van der Waals surface area contributed by atoms with Crippen LogP contribution in [0, 0.1) is 6.92 Å². The highest BCUT2D eigenvalue weighted by Crippen LogP contribution is 2.43. The van der Waals surface area contributed by atoms with Gasteiger partial charge in [0.1, 0.15) is 11.5 Å². The van der Waals surface area contributed by atoms with E-state index >= 15 is 0 Å². The second kappa shape index (κ2) is 8.28. The highest BCUT2D eigenvalue weighted by molar-refractivity contribution is 6.51. The fourth-order valence-electron chi connectivity index (χ4n) is 3.84. The predicted molar refractivity (Wildman–Crippen MR) is 120 cm³/mol. The number of amides is 1. The largest absolute Gasteiger partial charge is 0.507 e. The van der Waals surface area contributed by atoms with Gasteiger partial charge >= 0.3 is 0 Å². The molecule has 0 aliphatic carbocycles. The van der Waals surface area contributed by atoms with Gasteiger partial charge in [-0.15, -0.1) is 0 Å². The van der Waals surface area contributed by atoms with Crippen LogP contribution in [0.15, 0.2) is 78.4 Å². The molecule has 0 radical (unpaired) electrons. The zero-order valence-corrected chi connectivity index (χ0v) is 17.8. The summed E-state index contributed by atoms with van der Waals surface area (Å²) >= 11 is 6.23. The highest BCUT2D eigenvalue weighted by Gasteiger charge is 2.47. The van der Waals surface area contributed by atoms with E-state index < -0.39 is 17.7 Å². The zero-order valence-electron chi connectivity index (χ0n) is 17.0. The molecule has 3 aromatic rings. The smallest absolute Gasteiger partial charge is 0.300 e. The summed E-state index contributed by atoms with van der Waals surface area (Å²) in [4.78, 5) is 27.7. The van der Waals surface area contributed by atoms with E-state index in [9.17, 15) is 14.7 Å². The van der Waals surface area contributed by atoms with Crippen LogP contribution in [0.5, 0.6) is 5.75 Å². The lowest BCUT2D eigenvalue weighted by Crippen LogP contribution is -2.29. The van der Waals surface area contributed by atoms with Crippen molar-refractivity contribution in [2.75, 3.05) is 12.0 Å². The zero-order chi connectivity index (χ0) is 22.1. The molecular weight excluding hydrogens is 414 g/mol. The number of aliphatic hydroxyl groups is 1. The maximum atomic E-state index is 13.1. The number of ether oxygens (including phenoxy) is 1. The van der Waals surface area contributed by atoms with Crippen LogP contribution in [0.4, 0.5) is 5.69 Å². The number of anilines is 1. The molecule has 6 heteroatoms. The number of benzene rings is 3. The molecule has 0 aromatic heterocycles. The Labute approximate surface area is 185 Å². The highest BCUT2D eigenvalue weighted by atomic mass is 35.5. The first-order valence-corrected chi connectivity index (χ1v) is 10.1. The Bertz CT molecular complexity index is 1200. The van der Waals surface area contributed by atoms with Gasteiger partial charge in [0, 0.05) is 11.3 Å². The number of aryl methyl sites for hydroxylation is 1. The summed E-state index contributed by atoms with van der Waals surface area (Å²) in [6, 6.07) is 20.4. The maximum Gasteiger partial charge on any atom is 0.300 e. The van der Waals surface area contributed by atoms with E-state index in [0.29, 0.717) is 17.0 Å². The van der Waals surface area contributed by atoms with Crippen molar-refractivity contribution < 1.29 is 19.4 Å². The van der Waals surface area contributed by atoms with Crippen LogP contribution in [-0.2, 0) is 9.59 Å². The van der Waals surface area contributed by atoms with Crippen molar-refractivity contribution in [3.05, 3.63) is 100 Å². The minimum atomic E-state index is -0.774. The number of rotatable bonds is 4. The molecule has 5 nitrogen and oxygen atoms in total. The summed E-state index contributed by atoms with van der Waals surface area (Å²) in [6.45, 7) is 1.91. The fraction of sp³-hybridized carbons (Fsp3) is 0.120. The third-order valence-electron chi connectivity index (χ3n) is 5.39. The van der Waals surface area contributed by atoms with E-state index in [1.54, 1.807) is 36.4 Å². The topological polar surface area (TPSA) is 66.8 Å². The molecule has 1 saturated heterocycles. The molecular formula is C25H20ClNO4. The number of hydrogen-bond acceptors (Lipinski definition) is 4. The van der Waals surface area contributed by atoms with Gasteiger partial charge < -0.3 is 9.84 Å². The molecule has 0 saturated carbocycles. The quantitative estimate of drug-likeness (QED) is 0.345. The number of halogens is 1. The lowest BCUT2D eigenvalue weighted by atomic mass is 9.92. The Morgan fingerprint density at radius 3 is 2.32 bits per heavy atom. The molecule has 1 unspecified atom stereocenters. The Kier molecular flexibility index (Phi) is 5.53. The van der Waals surface area contributed by atoms with Crippen LogP contribution < -0.4 is 9.64 Å². The minimum absolute atomic E-state index is 0.0180. The average Bonchev–Trinajstić information content (AvgIpc) is 3.04.